The molecule has 1 saturated heterocycles. The molecule has 1 aliphatic carbocycles. The molecule has 2 amide bonds. The van der Waals surface area contributed by atoms with E-state index in [1.165, 1.54) is 30.8 Å². The predicted molar refractivity (Wildman–Crippen MR) is 168 cm³/mol. The van der Waals surface area contributed by atoms with Crippen LogP contribution in [-0.2, 0) is 4.79 Å². The lowest BCUT2D eigenvalue weighted by Gasteiger charge is -2.42. The van der Waals surface area contributed by atoms with Crippen molar-refractivity contribution in [3.63, 3.8) is 0 Å². The molecule has 5 rings (SSSR count). The molecule has 1 N–H and O–H groups in total. The molecule has 44 heavy (non-hydrogen) atoms. The molecule has 1 aromatic heterocycles. The van der Waals surface area contributed by atoms with Crippen LogP contribution < -0.4 is 9.64 Å². The normalized spacial score (nSPS) is 18.0. The van der Waals surface area contributed by atoms with Crippen molar-refractivity contribution >= 4 is 17.5 Å². The number of halogens is 2. The number of aromatic nitrogens is 1. The highest BCUT2D eigenvalue weighted by molar-refractivity contribution is 5.95. The van der Waals surface area contributed by atoms with E-state index < -0.39 is 12.7 Å². The number of carbonyl (C=O) groups is 2. The Labute approximate surface area is 259 Å². The van der Waals surface area contributed by atoms with Gasteiger partial charge in [-0.05, 0) is 67.0 Å². The summed E-state index contributed by atoms with van der Waals surface area (Å²) in [6, 6.07) is 8.17. The SMILES string of the molecule is C#C.C=CC(=O)N1CCCC2=C(N(C)c3ccc(C4CCC4)cc3O)CCN(C(=O)c3ccc(OC(F)F)nc3)C2C1.CC. The van der Waals surface area contributed by atoms with Crippen molar-refractivity contribution in [3.05, 3.63) is 71.6 Å². The van der Waals surface area contributed by atoms with Crippen LogP contribution in [0.4, 0.5) is 14.5 Å². The van der Waals surface area contributed by atoms with Gasteiger partial charge in [0.25, 0.3) is 5.91 Å². The van der Waals surface area contributed by atoms with E-state index >= 15 is 0 Å². The molecule has 0 bridgehead atoms. The van der Waals surface area contributed by atoms with E-state index in [2.05, 4.69) is 35.2 Å². The fourth-order valence-corrected chi connectivity index (χ4v) is 5.96. The molecular weight excluding hydrogens is 566 g/mol. The Hall–Kier alpha value is -4.39. The average Bonchev–Trinajstić information content (AvgIpc) is 3.24. The second-order valence-corrected chi connectivity index (χ2v) is 10.5. The number of anilines is 1. The van der Waals surface area contributed by atoms with Crippen molar-refractivity contribution in [1.82, 2.24) is 14.8 Å². The molecule has 8 nitrogen and oxygen atoms in total. The predicted octanol–water partition coefficient (Wildman–Crippen LogP) is 6.35. The Bertz CT molecular complexity index is 1350. The van der Waals surface area contributed by atoms with E-state index in [0.717, 1.165) is 36.1 Å². The van der Waals surface area contributed by atoms with Crippen molar-refractivity contribution in [1.29, 1.82) is 0 Å². The topological polar surface area (TPSA) is 86.2 Å². The van der Waals surface area contributed by atoms with E-state index in [0.29, 0.717) is 44.1 Å². The van der Waals surface area contributed by atoms with Gasteiger partial charge < -0.3 is 24.5 Å². The Morgan fingerprint density at radius 3 is 2.43 bits per heavy atom. The number of amides is 2. The van der Waals surface area contributed by atoms with Gasteiger partial charge in [-0.1, -0.05) is 32.9 Å². The number of phenolic OH excluding ortho intramolecular Hbond substituents is 1. The van der Waals surface area contributed by atoms with Crippen LogP contribution in [0.3, 0.4) is 0 Å². The van der Waals surface area contributed by atoms with Crippen LogP contribution in [-0.4, -0.2) is 71.0 Å². The third-order valence-corrected chi connectivity index (χ3v) is 8.29. The molecule has 0 radical (unpaired) electrons. The molecule has 236 valence electrons. The van der Waals surface area contributed by atoms with Crippen LogP contribution in [0.1, 0.15) is 74.2 Å². The number of nitrogens with zero attached hydrogens (tertiary/aromatic N) is 4. The number of benzene rings is 1. The molecule has 1 saturated carbocycles. The standard InChI is InChI=1S/C30H34F2N4O4.C2H6.C2H2/c1-3-28(38)35-14-5-8-22-23(34(2)24-11-9-20(16-26(24)37)19-6-4-7-19)13-15-36(25(22)18-35)29(39)21-10-12-27(33-17-21)40-30(31)32;2*1-2/h3,9-12,16-17,19,25,30,37H,1,4-8,13-15,18H2,2H3;1-2H3;1-2H. The van der Waals surface area contributed by atoms with Crippen molar-refractivity contribution in [3.8, 4) is 24.5 Å². The summed E-state index contributed by atoms with van der Waals surface area (Å²) in [5.74, 6) is -0.0413. The first-order valence-corrected chi connectivity index (χ1v) is 15.0. The zero-order valence-corrected chi connectivity index (χ0v) is 25.7. The quantitative estimate of drug-likeness (QED) is 0.292. The van der Waals surface area contributed by atoms with E-state index in [9.17, 15) is 23.5 Å². The maximum Gasteiger partial charge on any atom is 0.388 e. The van der Waals surface area contributed by atoms with Crippen molar-refractivity contribution in [2.75, 3.05) is 31.6 Å². The summed E-state index contributed by atoms with van der Waals surface area (Å²) >= 11 is 0. The smallest absolute Gasteiger partial charge is 0.388 e. The van der Waals surface area contributed by atoms with Crippen LogP contribution >= 0.6 is 0 Å². The van der Waals surface area contributed by atoms with Gasteiger partial charge in [0.15, 0.2) is 0 Å². The van der Waals surface area contributed by atoms with Gasteiger partial charge in [-0.25, -0.2) is 4.98 Å². The highest BCUT2D eigenvalue weighted by atomic mass is 19.3. The summed E-state index contributed by atoms with van der Waals surface area (Å²) in [6.07, 6.45) is 16.0. The molecule has 1 aromatic carbocycles. The first kappa shape index (κ1) is 34.1. The molecular formula is C34H42F2N4O4. The van der Waals surface area contributed by atoms with Crippen molar-refractivity contribution in [2.24, 2.45) is 0 Å². The summed E-state index contributed by atoms with van der Waals surface area (Å²) in [5.41, 5.74) is 4.16. The third-order valence-electron chi connectivity index (χ3n) is 8.29. The molecule has 1 atom stereocenters. The number of phenols is 1. The van der Waals surface area contributed by atoms with E-state index in [4.69, 9.17) is 0 Å². The Morgan fingerprint density at radius 1 is 1.14 bits per heavy atom. The number of hydrogen-bond donors (Lipinski definition) is 1. The van der Waals surface area contributed by atoms with Crippen LogP contribution in [0, 0.1) is 12.8 Å². The summed E-state index contributed by atoms with van der Waals surface area (Å²) in [6.45, 7) is 5.83. The number of likely N-dealkylation sites (tertiary alicyclic amines) is 1. The Balaban J connectivity index is 0.00000127. The summed E-state index contributed by atoms with van der Waals surface area (Å²) < 4.78 is 29.4. The van der Waals surface area contributed by atoms with Gasteiger partial charge in [0, 0.05) is 51.1 Å². The minimum absolute atomic E-state index is 0.200. The van der Waals surface area contributed by atoms with Crippen molar-refractivity contribution < 1.29 is 28.2 Å². The van der Waals surface area contributed by atoms with Crippen molar-refractivity contribution in [2.45, 2.75) is 70.9 Å². The number of carbonyl (C=O) groups excluding carboxylic acids is 2. The number of fused-ring (bicyclic) bond motifs is 1. The van der Waals surface area contributed by atoms with Gasteiger partial charge >= 0.3 is 6.61 Å². The van der Waals surface area contributed by atoms with E-state index in [1.54, 1.807) is 9.80 Å². The molecule has 3 heterocycles. The number of ether oxygens (including phenoxy) is 1. The fourth-order valence-electron chi connectivity index (χ4n) is 5.96. The number of pyridine rings is 1. The summed E-state index contributed by atoms with van der Waals surface area (Å²) in [5, 5.41) is 11.0. The number of terminal acetylenes is 1. The van der Waals surface area contributed by atoms with E-state index in [1.807, 2.05) is 37.9 Å². The lowest BCUT2D eigenvalue weighted by Crippen LogP contribution is -2.51. The zero-order chi connectivity index (χ0) is 32.4. The number of rotatable bonds is 7. The average molecular weight is 609 g/mol. The lowest BCUT2D eigenvalue weighted by atomic mass is 9.80. The molecule has 10 heteroatoms. The maximum absolute atomic E-state index is 13.7. The van der Waals surface area contributed by atoms with Crippen LogP contribution in [0.15, 0.2) is 60.5 Å². The highest BCUT2D eigenvalue weighted by Crippen LogP contribution is 2.42. The van der Waals surface area contributed by atoms with Gasteiger partial charge in [0.1, 0.15) is 5.75 Å². The minimum atomic E-state index is -3.01. The van der Waals surface area contributed by atoms with Gasteiger partial charge in [-0.3, -0.25) is 9.59 Å². The number of aromatic hydroxyl groups is 1. The first-order chi connectivity index (χ1) is 21.3. The number of alkyl halides is 2. The first-order valence-electron chi connectivity index (χ1n) is 15.0. The highest BCUT2D eigenvalue weighted by Gasteiger charge is 2.38. The Morgan fingerprint density at radius 2 is 1.86 bits per heavy atom. The largest absolute Gasteiger partial charge is 0.506 e. The van der Waals surface area contributed by atoms with Crippen LogP contribution in [0.2, 0.25) is 0 Å². The molecule has 2 aromatic rings. The number of hydrogen-bond acceptors (Lipinski definition) is 6. The monoisotopic (exact) mass is 608 g/mol. The third kappa shape index (κ3) is 7.57. The molecule has 2 fully saturated rings. The van der Waals surface area contributed by atoms with Gasteiger partial charge in [-0.15, -0.1) is 12.8 Å². The molecule has 2 aliphatic heterocycles. The van der Waals surface area contributed by atoms with Gasteiger partial charge in [0.05, 0.1) is 17.3 Å². The summed E-state index contributed by atoms with van der Waals surface area (Å²) in [7, 11) is 1.93. The molecule has 0 spiro atoms. The van der Waals surface area contributed by atoms with Crippen LogP contribution in [0.5, 0.6) is 11.6 Å². The van der Waals surface area contributed by atoms with Gasteiger partial charge in [-0.2, -0.15) is 8.78 Å². The summed E-state index contributed by atoms with van der Waals surface area (Å²) in [4.78, 5) is 35.6. The minimum Gasteiger partial charge on any atom is -0.506 e. The van der Waals surface area contributed by atoms with Gasteiger partial charge in [0.2, 0.25) is 11.8 Å². The molecule has 3 aliphatic rings. The van der Waals surface area contributed by atoms with Crippen LogP contribution in [0.25, 0.3) is 0 Å². The maximum atomic E-state index is 13.7. The Kier molecular flexibility index (Phi) is 12.3. The molecule has 1 unspecified atom stereocenters. The lowest BCUT2D eigenvalue weighted by molar-refractivity contribution is -0.126. The second kappa shape index (κ2) is 15.9. The zero-order valence-electron chi connectivity index (χ0n) is 25.7. The fraction of sp³-hybridized carbons (Fsp3) is 0.441. The second-order valence-electron chi connectivity index (χ2n) is 10.5. The van der Waals surface area contributed by atoms with E-state index in [-0.39, 0.29) is 29.0 Å².